The van der Waals surface area contributed by atoms with Crippen molar-refractivity contribution in [3.05, 3.63) is 168 Å². The molecular formula is C38H33Cl2SiZr. The summed E-state index contributed by atoms with van der Waals surface area (Å²) < 4.78 is 6.41. The fourth-order valence-electron chi connectivity index (χ4n) is 8.13. The maximum atomic E-state index is 2.53. The predicted molar refractivity (Wildman–Crippen MR) is 185 cm³/mol. The van der Waals surface area contributed by atoms with Gasteiger partial charge in [-0.25, -0.2) is 0 Å². The van der Waals surface area contributed by atoms with Crippen LogP contribution in [-0.2, 0) is 30.8 Å². The molecule has 0 bridgehead atoms. The molecular weight excluding hydrogens is 647 g/mol. The number of halogens is 2. The zero-order valence-corrected chi connectivity index (χ0v) is 29.7. The zero-order valence-electron chi connectivity index (χ0n) is 23.6. The van der Waals surface area contributed by atoms with Gasteiger partial charge in [0.25, 0.3) is 0 Å². The van der Waals surface area contributed by atoms with Crippen LogP contribution in [0.3, 0.4) is 0 Å². The molecule has 0 atom stereocenters. The summed E-state index contributed by atoms with van der Waals surface area (Å²) in [6, 6.07) is 56.0. The van der Waals surface area contributed by atoms with Gasteiger partial charge in [0.2, 0.25) is 0 Å². The summed E-state index contributed by atoms with van der Waals surface area (Å²) >= 11 is -4.45. The molecule has 8 rings (SSSR count). The third kappa shape index (κ3) is 3.89. The SMILES string of the molecule is Cl.Cl.[SiH3][Zr]([c]1ccccc1)([c]1ccccc1)([c]1cccc2c1Cc1ccccc1-2)[c]1cccc2c1Cc1ccccc1-2. The van der Waals surface area contributed by atoms with Crippen molar-refractivity contribution < 1.29 is 17.9 Å². The van der Waals surface area contributed by atoms with Crippen LogP contribution in [0.15, 0.2) is 146 Å². The molecule has 2 aliphatic rings. The normalized spacial score (nSPS) is 13.4. The van der Waals surface area contributed by atoms with Gasteiger partial charge in [-0.2, -0.15) is 0 Å². The van der Waals surface area contributed by atoms with Crippen molar-refractivity contribution in [2.45, 2.75) is 12.8 Å². The summed E-state index contributed by atoms with van der Waals surface area (Å²) in [6.07, 6.45) is 2.03. The van der Waals surface area contributed by atoms with Crippen LogP contribution in [-0.4, -0.2) is 7.37 Å². The number of hydrogen-bond donors (Lipinski definition) is 0. The Morgan fingerprint density at radius 1 is 0.381 bits per heavy atom. The van der Waals surface area contributed by atoms with Gasteiger partial charge in [-0.05, 0) is 0 Å². The molecule has 42 heavy (non-hydrogen) atoms. The number of fused-ring (bicyclic) bond motifs is 6. The van der Waals surface area contributed by atoms with E-state index in [1.165, 1.54) is 33.4 Å². The van der Waals surface area contributed by atoms with Crippen LogP contribution in [0, 0.1) is 0 Å². The quantitative estimate of drug-likeness (QED) is 0.193. The molecule has 0 saturated heterocycles. The summed E-state index contributed by atoms with van der Waals surface area (Å²) in [5.41, 5.74) is 11.7. The van der Waals surface area contributed by atoms with Crippen molar-refractivity contribution in [1.29, 1.82) is 0 Å². The first-order chi connectivity index (χ1) is 19.7. The second-order valence-electron chi connectivity index (χ2n) is 11.8. The van der Waals surface area contributed by atoms with Gasteiger partial charge in [0, 0.05) is 0 Å². The van der Waals surface area contributed by atoms with E-state index in [0.29, 0.717) is 0 Å². The Kier molecular flexibility index (Phi) is 7.57. The Hall–Kier alpha value is -3.00. The summed E-state index contributed by atoms with van der Waals surface area (Å²) in [4.78, 5) is 0. The van der Waals surface area contributed by atoms with Crippen molar-refractivity contribution >= 4 is 45.3 Å². The molecule has 0 aromatic heterocycles. The molecule has 0 radical (unpaired) electrons. The fraction of sp³-hybridized carbons (Fsp3) is 0.0526. The van der Waals surface area contributed by atoms with Crippen molar-refractivity contribution in [3.8, 4) is 22.3 Å². The molecule has 6 aromatic carbocycles. The van der Waals surface area contributed by atoms with Crippen molar-refractivity contribution in [1.82, 2.24) is 0 Å². The van der Waals surface area contributed by atoms with Crippen molar-refractivity contribution in [3.63, 3.8) is 0 Å². The van der Waals surface area contributed by atoms with Crippen LogP contribution in [0.2, 0.25) is 0 Å². The van der Waals surface area contributed by atoms with Crippen LogP contribution in [0.1, 0.15) is 22.3 Å². The first kappa shape index (κ1) is 29.1. The molecule has 0 spiro atoms. The van der Waals surface area contributed by atoms with E-state index < -0.39 is 17.9 Å². The topological polar surface area (TPSA) is 0 Å². The first-order valence-electron chi connectivity index (χ1n) is 14.4. The van der Waals surface area contributed by atoms with Crippen LogP contribution < -0.4 is 13.1 Å². The molecule has 0 fully saturated rings. The van der Waals surface area contributed by atoms with E-state index >= 15 is 0 Å². The van der Waals surface area contributed by atoms with Gasteiger partial charge >= 0.3 is 241 Å². The average Bonchev–Trinajstić information content (AvgIpc) is 3.60. The number of rotatable bonds is 4. The van der Waals surface area contributed by atoms with Gasteiger partial charge in [0.15, 0.2) is 0 Å². The Balaban J connectivity index is 0.00000158. The molecule has 0 heterocycles. The Labute approximate surface area is 264 Å². The summed E-state index contributed by atoms with van der Waals surface area (Å²) in [6.45, 7) is 0. The molecule has 4 heteroatoms. The van der Waals surface area contributed by atoms with Crippen LogP contribution >= 0.6 is 24.8 Å². The van der Waals surface area contributed by atoms with Gasteiger partial charge < -0.3 is 0 Å². The predicted octanol–water partition coefficient (Wildman–Crippen LogP) is 6.24. The first-order valence-corrected chi connectivity index (χ1v) is 27.7. The molecule has 2 aliphatic carbocycles. The van der Waals surface area contributed by atoms with Crippen molar-refractivity contribution in [2.24, 2.45) is 0 Å². The van der Waals surface area contributed by atoms with E-state index in [-0.39, 0.29) is 24.8 Å². The van der Waals surface area contributed by atoms with Gasteiger partial charge in [0.05, 0.1) is 0 Å². The van der Waals surface area contributed by atoms with E-state index in [0.717, 1.165) is 20.2 Å². The summed E-state index contributed by atoms with van der Waals surface area (Å²) in [5.74, 6) is 0. The summed E-state index contributed by atoms with van der Waals surface area (Å²) in [7, 11) is 1.07. The Bertz CT molecular complexity index is 1790. The molecule has 6 aromatic rings. The van der Waals surface area contributed by atoms with Gasteiger partial charge in [0.1, 0.15) is 0 Å². The fourth-order valence-corrected chi connectivity index (χ4v) is 34.6. The Morgan fingerprint density at radius 2 is 0.738 bits per heavy atom. The number of benzene rings is 6. The average molecular weight is 680 g/mol. The van der Waals surface area contributed by atoms with Gasteiger partial charge in [-0.1, -0.05) is 0 Å². The van der Waals surface area contributed by atoms with Crippen LogP contribution in [0.5, 0.6) is 0 Å². The minimum atomic E-state index is -4.45. The second-order valence-corrected chi connectivity index (χ2v) is 37.7. The Morgan fingerprint density at radius 3 is 1.17 bits per heavy atom. The van der Waals surface area contributed by atoms with Gasteiger partial charge in [-0.3, -0.25) is 0 Å². The van der Waals surface area contributed by atoms with Crippen LogP contribution in [0.4, 0.5) is 0 Å². The molecule has 0 N–H and O–H groups in total. The van der Waals surface area contributed by atoms with E-state index in [1.807, 2.05) is 0 Å². The molecule has 0 amide bonds. The monoisotopic (exact) mass is 677 g/mol. The minimum absolute atomic E-state index is 0. The standard InChI is InChI=1S/2C13H9.2C6H5.2ClH.H3Si.Zr/c2*1-3-7-12-10(5-1)9-11-6-2-4-8-13(11)12;2*1-2-4-6-5-3-1;;;;/h2*1-5,7-8H,9H2;2*1-5H;2*1H;1H3;. The van der Waals surface area contributed by atoms with Crippen molar-refractivity contribution in [2.75, 3.05) is 0 Å². The number of hydrogen-bond acceptors (Lipinski definition) is 0. The molecule has 0 aliphatic heterocycles. The van der Waals surface area contributed by atoms with E-state index in [2.05, 4.69) is 146 Å². The molecule has 0 unspecified atom stereocenters. The summed E-state index contributed by atoms with van der Waals surface area (Å²) in [5, 5.41) is 0. The molecule has 0 nitrogen and oxygen atoms in total. The third-order valence-corrected chi connectivity index (χ3v) is 40.9. The van der Waals surface area contributed by atoms with Crippen LogP contribution in [0.25, 0.3) is 22.3 Å². The van der Waals surface area contributed by atoms with E-state index in [9.17, 15) is 0 Å². The molecule has 207 valence electrons. The van der Waals surface area contributed by atoms with E-state index in [4.69, 9.17) is 0 Å². The van der Waals surface area contributed by atoms with Gasteiger partial charge in [-0.15, -0.1) is 24.8 Å². The maximum absolute atomic E-state index is 4.45. The molecule has 0 saturated carbocycles. The third-order valence-electron chi connectivity index (χ3n) is 10.0. The zero-order chi connectivity index (χ0) is 26.8. The van der Waals surface area contributed by atoms with E-state index in [1.54, 1.807) is 24.2 Å². The second kappa shape index (κ2) is 10.9.